The number of anilines is 3. The predicted molar refractivity (Wildman–Crippen MR) is 238 cm³/mol. The first-order valence-electron chi connectivity index (χ1n) is 21.2. The third-order valence-corrected chi connectivity index (χ3v) is 11.3. The Balaban J connectivity index is 1.14. The van der Waals surface area contributed by atoms with E-state index in [4.69, 9.17) is 0 Å². The second kappa shape index (κ2) is 13.7. The van der Waals surface area contributed by atoms with Crippen molar-refractivity contribution in [3.05, 3.63) is 223 Å². The lowest BCUT2D eigenvalue weighted by Crippen LogP contribution is -2.16. The minimum Gasteiger partial charge on any atom is -0.310 e. The van der Waals surface area contributed by atoms with Gasteiger partial charge in [-0.1, -0.05) is 184 Å². The molecule has 1 aliphatic carbocycles. The van der Waals surface area contributed by atoms with Crippen LogP contribution in [-0.4, -0.2) is 0 Å². The quantitative estimate of drug-likeness (QED) is 0.159. The van der Waals surface area contributed by atoms with Crippen LogP contribution in [-0.2, 0) is 5.41 Å². The van der Waals surface area contributed by atoms with Crippen molar-refractivity contribution in [3.63, 3.8) is 0 Å². The van der Waals surface area contributed by atoms with Crippen molar-refractivity contribution >= 4 is 27.8 Å². The fourth-order valence-electron chi connectivity index (χ4n) is 8.62. The molecule has 1 heteroatoms. The molecule has 0 saturated heterocycles. The first kappa shape index (κ1) is 29.4. The van der Waals surface area contributed by atoms with E-state index in [1.54, 1.807) is 0 Å². The van der Waals surface area contributed by atoms with Crippen LogP contribution in [0.1, 0.15) is 30.5 Å². The largest absolute Gasteiger partial charge is 0.310 e. The maximum atomic E-state index is 9.63. The van der Waals surface area contributed by atoms with Crippen LogP contribution < -0.4 is 4.90 Å². The zero-order valence-corrected chi connectivity index (χ0v) is 31.3. The van der Waals surface area contributed by atoms with E-state index in [0.717, 1.165) is 55.5 Å². The Morgan fingerprint density at radius 2 is 0.964 bits per heavy atom. The van der Waals surface area contributed by atoms with Gasteiger partial charge in [-0.05, 0) is 120 Å². The van der Waals surface area contributed by atoms with Gasteiger partial charge in [-0.25, -0.2) is 0 Å². The number of nitrogens with zero attached hydrogens (tertiary/aromatic N) is 1. The van der Waals surface area contributed by atoms with Crippen molar-refractivity contribution in [1.82, 2.24) is 0 Å². The zero-order valence-electron chi connectivity index (χ0n) is 35.3. The van der Waals surface area contributed by atoms with E-state index in [1.807, 2.05) is 95.9 Å². The fraction of sp³-hybridized carbons (Fsp3) is 0.0545. The van der Waals surface area contributed by atoms with Crippen molar-refractivity contribution < 1.29 is 5.48 Å². The molecule has 0 heterocycles. The molecular weight excluding hydrogens is 675 g/mol. The molecule has 56 heavy (non-hydrogen) atoms. The average Bonchev–Trinajstić information content (AvgIpc) is 3.53. The summed E-state index contributed by atoms with van der Waals surface area (Å²) in [6, 6.07) is 63.6. The molecule has 0 aliphatic heterocycles. The van der Waals surface area contributed by atoms with E-state index in [2.05, 4.69) is 111 Å². The van der Waals surface area contributed by atoms with E-state index in [1.165, 1.54) is 22.3 Å². The predicted octanol–water partition coefficient (Wildman–Crippen LogP) is 15.3. The van der Waals surface area contributed by atoms with E-state index in [-0.39, 0.29) is 40.8 Å². The van der Waals surface area contributed by atoms with Crippen LogP contribution in [0.25, 0.3) is 66.4 Å². The molecule has 10 rings (SSSR count). The van der Waals surface area contributed by atoms with Crippen LogP contribution in [0.4, 0.5) is 17.1 Å². The first-order valence-corrected chi connectivity index (χ1v) is 19.2. The van der Waals surface area contributed by atoms with Gasteiger partial charge in [0.1, 0.15) is 0 Å². The molecule has 0 N–H and O–H groups in total. The standard InChI is InChI=1S/C55H41N/c1-55(2)53-27-9-8-23-51(53)52-26-13-25-50(54(52)55)41-30-34-46(35-31-41)56(47-21-11-20-44(37-47)49-24-12-17-40-16-6-7-22-48(40)49)45-32-28-39(29-33-45)43-19-10-18-42(36-43)38-14-4-3-5-15-38/h3-37H,1-2H3/i28D,29D,32D,33D. The Hall–Kier alpha value is -6.96. The van der Waals surface area contributed by atoms with Gasteiger partial charge >= 0.3 is 0 Å². The number of rotatable bonds is 7. The Bertz CT molecular complexity index is 3080. The second-order valence-electron chi connectivity index (χ2n) is 15.0. The molecule has 9 aromatic carbocycles. The molecule has 0 radical (unpaired) electrons. The van der Waals surface area contributed by atoms with Crippen molar-refractivity contribution in [3.8, 4) is 55.6 Å². The Morgan fingerprint density at radius 3 is 1.80 bits per heavy atom. The van der Waals surface area contributed by atoms with Gasteiger partial charge in [0.15, 0.2) is 0 Å². The van der Waals surface area contributed by atoms with E-state index in [0.29, 0.717) is 5.56 Å². The maximum Gasteiger partial charge on any atom is 0.0645 e. The van der Waals surface area contributed by atoms with Gasteiger partial charge in [-0.15, -0.1) is 0 Å². The normalized spacial score (nSPS) is 13.6. The molecule has 266 valence electrons. The van der Waals surface area contributed by atoms with E-state index in [9.17, 15) is 5.48 Å². The van der Waals surface area contributed by atoms with Crippen LogP contribution in [0.15, 0.2) is 212 Å². The lowest BCUT2D eigenvalue weighted by Gasteiger charge is -2.27. The minimum absolute atomic E-state index is 0.0929. The van der Waals surface area contributed by atoms with Gasteiger partial charge in [0.25, 0.3) is 0 Å². The molecular formula is C55H41N. The Kier molecular flexibility index (Phi) is 7.20. The van der Waals surface area contributed by atoms with E-state index < -0.39 is 0 Å². The van der Waals surface area contributed by atoms with Gasteiger partial charge in [-0.2, -0.15) is 0 Å². The van der Waals surface area contributed by atoms with Gasteiger partial charge in [-0.3, -0.25) is 0 Å². The van der Waals surface area contributed by atoms with Crippen LogP contribution in [0.2, 0.25) is 0 Å². The summed E-state index contributed by atoms with van der Waals surface area (Å²) in [4.78, 5) is 1.89. The summed E-state index contributed by atoms with van der Waals surface area (Å²) < 4.78 is 38.2. The number of fused-ring (bicyclic) bond motifs is 4. The highest BCUT2D eigenvalue weighted by molar-refractivity contribution is 5.97. The van der Waals surface area contributed by atoms with Crippen LogP contribution in [0.3, 0.4) is 0 Å². The average molecular weight is 720 g/mol. The van der Waals surface area contributed by atoms with E-state index >= 15 is 0 Å². The molecule has 0 saturated carbocycles. The molecule has 0 unspecified atom stereocenters. The van der Waals surface area contributed by atoms with Crippen molar-refractivity contribution in [2.45, 2.75) is 19.3 Å². The monoisotopic (exact) mass is 719 g/mol. The topological polar surface area (TPSA) is 3.24 Å². The third-order valence-electron chi connectivity index (χ3n) is 11.3. The van der Waals surface area contributed by atoms with Crippen molar-refractivity contribution in [1.29, 1.82) is 0 Å². The van der Waals surface area contributed by atoms with Crippen LogP contribution in [0.5, 0.6) is 0 Å². The lowest BCUT2D eigenvalue weighted by atomic mass is 9.79. The summed E-state index contributed by atoms with van der Waals surface area (Å²) in [5, 5.41) is 2.26. The van der Waals surface area contributed by atoms with Crippen LogP contribution >= 0.6 is 0 Å². The van der Waals surface area contributed by atoms with Gasteiger partial charge in [0.2, 0.25) is 0 Å². The lowest BCUT2D eigenvalue weighted by molar-refractivity contribution is 0.662. The number of hydrogen-bond donors (Lipinski definition) is 0. The summed E-state index contributed by atoms with van der Waals surface area (Å²) in [7, 11) is 0. The van der Waals surface area contributed by atoms with Crippen molar-refractivity contribution in [2.24, 2.45) is 0 Å². The third kappa shape index (κ3) is 5.81. The SMILES string of the molecule is [2H]c1c([2H])c(N(c2ccc(-c3cccc4c3C(C)(C)c3ccccc3-4)cc2)c2cccc(-c3cccc4ccccc34)c2)c([2H])c([2H])c1-c1cccc(-c2ccccc2)c1. The highest BCUT2D eigenvalue weighted by atomic mass is 15.1. The molecule has 0 spiro atoms. The summed E-state index contributed by atoms with van der Waals surface area (Å²) in [6.45, 7) is 4.59. The fourth-order valence-corrected chi connectivity index (χ4v) is 8.62. The molecule has 0 bridgehead atoms. The first-order chi connectivity index (χ1) is 29.2. The number of benzene rings is 9. The molecule has 0 fully saturated rings. The highest BCUT2D eigenvalue weighted by Gasteiger charge is 2.37. The van der Waals surface area contributed by atoms with Gasteiger partial charge in [0.05, 0.1) is 5.48 Å². The molecule has 1 aliphatic rings. The Morgan fingerprint density at radius 1 is 0.375 bits per heavy atom. The van der Waals surface area contributed by atoms with Crippen molar-refractivity contribution in [2.75, 3.05) is 4.90 Å². The smallest absolute Gasteiger partial charge is 0.0645 e. The molecule has 0 aromatic heterocycles. The second-order valence-corrected chi connectivity index (χ2v) is 15.0. The van der Waals surface area contributed by atoms with Crippen LogP contribution in [0, 0.1) is 0 Å². The molecule has 0 amide bonds. The minimum atomic E-state index is -0.188. The maximum absolute atomic E-state index is 9.63. The van der Waals surface area contributed by atoms with Gasteiger partial charge < -0.3 is 4.90 Å². The number of hydrogen-bond acceptors (Lipinski definition) is 1. The summed E-state index contributed by atoms with van der Waals surface area (Å²) in [6.07, 6.45) is 0. The molecule has 1 nitrogen and oxygen atoms in total. The zero-order chi connectivity index (χ0) is 41.1. The highest BCUT2D eigenvalue weighted by Crippen LogP contribution is 2.52. The summed E-state index contributed by atoms with van der Waals surface area (Å²) in [5.74, 6) is 0. The molecule has 0 atom stereocenters. The summed E-state index contributed by atoms with van der Waals surface area (Å²) >= 11 is 0. The summed E-state index contributed by atoms with van der Waals surface area (Å²) in [5.41, 5.74) is 13.7. The molecule has 9 aromatic rings. The van der Waals surface area contributed by atoms with Gasteiger partial charge in [0, 0.05) is 22.5 Å². The Labute approximate surface area is 335 Å².